The lowest BCUT2D eigenvalue weighted by Gasteiger charge is -2.35. The van der Waals surface area contributed by atoms with Crippen LogP contribution in [0.15, 0.2) is 48.5 Å². The predicted octanol–water partition coefficient (Wildman–Crippen LogP) is 0.615. The SMILES string of the molecule is C[C@@H](CC(c1ccc(C(N)=O)cc1)(c1ccc(C(N)=O)cc1)c1nn[nH]n1)NCC(=O)N1CCC[C@H]1C#N. The molecule has 1 fully saturated rings. The summed E-state index contributed by atoms with van der Waals surface area (Å²) in [4.78, 5) is 37.9. The van der Waals surface area contributed by atoms with Crippen LogP contribution in [0.3, 0.4) is 0 Å². The molecule has 0 spiro atoms. The first kappa shape index (κ1) is 26.4. The number of benzene rings is 2. The maximum atomic E-state index is 12.8. The second-order valence-corrected chi connectivity index (χ2v) is 9.38. The molecule has 2 atom stereocenters. The maximum absolute atomic E-state index is 12.8. The van der Waals surface area contributed by atoms with Gasteiger partial charge in [0.1, 0.15) is 6.04 Å². The number of H-pyrrole nitrogens is 1. The molecule has 1 saturated heterocycles. The maximum Gasteiger partial charge on any atom is 0.248 e. The first-order valence-corrected chi connectivity index (χ1v) is 12.2. The van der Waals surface area contributed by atoms with Crippen LogP contribution in [-0.4, -0.2) is 68.4 Å². The minimum absolute atomic E-state index is 0.0584. The van der Waals surface area contributed by atoms with Crippen molar-refractivity contribution in [2.24, 2.45) is 11.5 Å². The molecule has 2 heterocycles. The number of hydrogen-bond donors (Lipinski definition) is 4. The molecule has 4 rings (SSSR count). The molecule has 0 unspecified atom stereocenters. The fourth-order valence-electron chi connectivity index (χ4n) is 5.03. The normalized spacial score (nSPS) is 16.1. The summed E-state index contributed by atoms with van der Waals surface area (Å²) in [5, 5.41) is 27.6. The van der Waals surface area contributed by atoms with Gasteiger partial charge in [0.15, 0.2) is 5.82 Å². The number of rotatable bonds is 10. The highest BCUT2D eigenvalue weighted by molar-refractivity contribution is 5.93. The monoisotopic (exact) mass is 515 g/mol. The Balaban J connectivity index is 1.71. The van der Waals surface area contributed by atoms with Crippen molar-refractivity contribution in [1.82, 2.24) is 30.8 Å². The quantitative estimate of drug-likeness (QED) is 0.301. The summed E-state index contributed by atoms with van der Waals surface area (Å²) in [5.41, 5.74) is 12.1. The van der Waals surface area contributed by atoms with E-state index >= 15 is 0 Å². The molecule has 12 heteroatoms. The van der Waals surface area contributed by atoms with Gasteiger partial charge in [-0.15, -0.1) is 10.2 Å². The molecule has 1 aliphatic heterocycles. The summed E-state index contributed by atoms with van der Waals surface area (Å²) >= 11 is 0. The van der Waals surface area contributed by atoms with Gasteiger partial charge in [-0.05, 0) is 61.6 Å². The fraction of sp³-hybridized carbons (Fsp3) is 0.346. The molecule has 3 aromatic rings. The van der Waals surface area contributed by atoms with Crippen molar-refractivity contribution in [1.29, 1.82) is 5.26 Å². The summed E-state index contributed by atoms with van der Waals surface area (Å²) in [7, 11) is 0. The molecule has 0 saturated carbocycles. The van der Waals surface area contributed by atoms with E-state index in [0.29, 0.717) is 36.3 Å². The Morgan fingerprint density at radius 3 is 2.16 bits per heavy atom. The molecule has 6 N–H and O–H groups in total. The molecule has 1 aromatic heterocycles. The van der Waals surface area contributed by atoms with E-state index in [2.05, 4.69) is 32.0 Å². The van der Waals surface area contributed by atoms with Gasteiger partial charge in [0.2, 0.25) is 17.7 Å². The van der Waals surface area contributed by atoms with Crippen LogP contribution in [0.25, 0.3) is 0 Å². The number of carbonyl (C=O) groups is 3. The lowest BCUT2D eigenvalue weighted by molar-refractivity contribution is -0.130. The third-order valence-electron chi connectivity index (χ3n) is 6.99. The smallest absolute Gasteiger partial charge is 0.248 e. The van der Waals surface area contributed by atoms with E-state index in [-0.39, 0.29) is 18.5 Å². The third-order valence-corrected chi connectivity index (χ3v) is 6.99. The largest absolute Gasteiger partial charge is 0.366 e. The summed E-state index contributed by atoms with van der Waals surface area (Å²) in [5.74, 6) is -0.889. The second-order valence-electron chi connectivity index (χ2n) is 9.38. The number of nitrogens with two attached hydrogens (primary N) is 2. The Morgan fingerprint density at radius 1 is 1.11 bits per heavy atom. The highest BCUT2D eigenvalue weighted by atomic mass is 16.2. The molecule has 12 nitrogen and oxygen atoms in total. The number of nitrogens with zero attached hydrogens (tertiary/aromatic N) is 5. The molecular formula is C26H29N9O3. The van der Waals surface area contributed by atoms with Crippen LogP contribution in [0, 0.1) is 11.3 Å². The number of likely N-dealkylation sites (tertiary alicyclic amines) is 1. The van der Waals surface area contributed by atoms with E-state index in [1.165, 1.54) is 0 Å². The second kappa shape index (κ2) is 11.2. The van der Waals surface area contributed by atoms with E-state index < -0.39 is 23.3 Å². The number of aromatic amines is 1. The number of nitrogens with one attached hydrogen (secondary N) is 2. The minimum atomic E-state index is -0.988. The van der Waals surface area contributed by atoms with Gasteiger partial charge < -0.3 is 21.7 Å². The lowest BCUT2D eigenvalue weighted by atomic mass is 9.69. The molecule has 1 aliphatic rings. The number of aromatic nitrogens is 4. The van der Waals surface area contributed by atoms with Crippen LogP contribution in [-0.2, 0) is 10.2 Å². The van der Waals surface area contributed by atoms with E-state index in [4.69, 9.17) is 11.5 Å². The van der Waals surface area contributed by atoms with Gasteiger partial charge >= 0.3 is 0 Å². The number of hydrogen-bond acceptors (Lipinski definition) is 8. The Labute approximate surface area is 219 Å². The Hall–Kier alpha value is -4.63. The van der Waals surface area contributed by atoms with Gasteiger partial charge in [-0.2, -0.15) is 10.5 Å². The Morgan fingerprint density at radius 2 is 1.68 bits per heavy atom. The topological polar surface area (TPSA) is 197 Å². The van der Waals surface area contributed by atoms with Crippen LogP contribution in [0.5, 0.6) is 0 Å². The van der Waals surface area contributed by atoms with Crippen molar-refractivity contribution in [3.05, 3.63) is 76.6 Å². The van der Waals surface area contributed by atoms with Gasteiger partial charge in [-0.3, -0.25) is 14.4 Å². The van der Waals surface area contributed by atoms with Crippen molar-refractivity contribution >= 4 is 17.7 Å². The summed E-state index contributed by atoms with van der Waals surface area (Å²) in [6, 6.07) is 15.2. The van der Waals surface area contributed by atoms with Crippen LogP contribution in [0.4, 0.5) is 0 Å². The molecule has 0 radical (unpaired) electrons. The van der Waals surface area contributed by atoms with Crippen molar-refractivity contribution in [2.45, 2.75) is 43.7 Å². The van der Waals surface area contributed by atoms with E-state index in [0.717, 1.165) is 17.5 Å². The molecular weight excluding hydrogens is 486 g/mol. The van der Waals surface area contributed by atoms with Crippen LogP contribution in [0.1, 0.15) is 63.9 Å². The van der Waals surface area contributed by atoms with Crippen LogP contribution in [0.2, 0.25) is 0 Å². The highest BCUT2D eigenvalue weighted by Gasteiger charge is 2.42. The molecule has 0 bridgehead atoms. The highest BCUT2D eigenvalue weighted by Crippen LogP contribution is 2.41. The predicted molar refractivity (Wildman–Crippen MR) is 136 cm³/mol. The minimum Gasteiger partial charge on any atom is -0.366 e. The Kier molecular flexibility index (Phi) is 7.78. The van der Waals surface area contributed by atoms with Crippen molar-refractivity contribution in [3.63, 3.8) is 0 Å². The molecule has 3 amide bonds. The third kappa shape index (κ3) is 5.23. The lowest BCUT2D eigenvalue weighted by Crippen LogP contribution is -2.45. The zero-order valence-corrected chi connectivity index (χ0v) is 20.9. The van der Waals surface area contributed by atoms with Crippen molar-refractivity contribution in [3.8, 4) is 6.07 Å². The van der Waals surface area contributed by atoms with Crippen molar-refractivity contribution in [2.75, 3.05) is 13.1 Å². The van der Waals surface area contributed by atoms with Gasteiger partial charge in [0.05, 0.1) is 18.0 Å². The zero-order valence-electron chi connectivity index (χ0n) is 20.9. The first-order chi connectivity index (χ1) is 18.3. The number of nitriles is 1. The van der Waals surface area contributed by atoms with Gasteiger partial charge in [0.25, 0.3) is 0 Å². The molecule has 38 heavy (non-hydrogen) atoms. The van der Waals surface area contributed by atoms with Crippen LogP contribution < -0.4 is 16.8 Å². The average molecular weight is 516 g/mol. The fourth-order valence-corrected chi connectivity index (χ4v) is 5.03. The average Bonchev–Trinajstić information content (AvgIpc) is 3.63. The number of tetrazole rings is 1. The zero-order chi connectivity index (χ0) is 27.3. The number of amides is 3. The number of primary amides is 2. The standard InChI is InChI=1S/C26H29N9O3/c1-16(30-15-22(36)35-12-2-3-21(35)14-27)13-26(25-31-33-34-32-25,19-8-4-17(5-9-19)23(28)37)20-10-6-18(7-11-20)24(29)38/h4-11,16,21,30H,2-3,12-13,15H2,1H3,(H2,28,37)(H2,29,38)(H,31,32,33,34)/t16-,21-/m0/s1. The first-order valence-electron chi connectivity index (χ1n) is 12.2. The van der Waals surface area contributed by atoms with Crippen LogP contribution >= 0.6 is 0 Å². The van der Waals surface area contributed by atoms with Gasteiger partial charge in [-0.1, -0.05) is 29.5 Å². The summed E-state index contributed by atoms with van der Waals surface area (Å²) in [6.45, 7) is 2.56. The van der Waals surface area contributed by atoms with E-state index in [1.807, 2.05) is 6.92 Å². The van der Waals surface area contributed by atoms with E-state index in [1.54, 1.807) is 53.4 Å². The van der Waals surface area contributed by atoms with Gasteiger partial charge in [-0.25, -0.2) is 0 Å². The van der Waals surface area contributed by atoms with Crippen molar-refractivity contribution < 1.29 is 14.4 Å². The molecule has 196 valence electrons. The molecule has 0 aliphatic carbocycles. The number of carbonyl (C=O) groups excluding carboxylic acids is 3. The van der Waals surface area contributed by atoms with E-state index in [9.17, 15) is 19.6 Å². The molecule has 2 aromatic carbocycles. The Bertz CT molecular complexity index is 1270. The summed E-state index contributed by atoms with van der Waals surface area (Å²) < 4.78 is 0. The summed E-state index contributed by atoms with van der Waals surface area (Å²) in [6.07, 6.45) is 1.87. The van der Waals surface area contributed by atoms with Gasteiger partial charge in [0, 0.05) is 23.7 Å².